The summed E-state index contributed by atoms with van der Waals surface area (Å²) >= 11 is 1.77. The van der Waals surface area contributed by atoms with Gasteiger partial charge in [-0.05, 0) is 47.8 Å². The molecule has 6 heteroatoms. The average molecular weight is 330 g/mol. The normalized spacial score (nSPS) is 28.3. The quantitative estimate of drug-likeness (QED) is 0.934. The lowest BCUT2D eigenvalue weighted by molar-refractivity contribution is -0.0532. The molecule has 2 fully saturated rings. The first-order chi connectivity index (χ1) is 11.3. The lowest BCUT2D eigenvalue weighted by Crippen LogP contribution is -2.47. The van der Waals surface area contributed by atoms with Crippen molar-refractivity contribution in [1.82, 2.24) is 14.9 Å². The van der Waals surface area contributed by atoms with Crippen LogP contribution in [0.4, 0.5) is 5.95 Å². The number of piperidine rings is 1. The van der Waals surface area contributed by atoms with E-state index in [1.54, 1.807) is 23.7 Å². The van der Waals surface area contributed by atoms with Gasteiger partial charge in [0, 0.05) is 31.9 Å². The Hall–Kier alpha value is -1.50. The van der Waals surface area contributed by atoms with Crippen LogP contribution in [0.2, 0.25) is 0 Å². The molecule has 5 nitrogen and oxygen atoms in total. The minimum absolute atomic E-state index is 0.000713. The predicted octanol–water partition coefficient (Wildman–Crippen LogP) is 2.77. The molecular weight excluding hydrogens is 308 g/mol. The van der Waals surface area contributed by atoms with E-state index in [-0.39, 0.29) is 5.60 Å². The zero-order chi connectivity index (χ0) is 15.5. The molecule has 4 heterocycles. The van der Waals surface area contributed by atoms with Gasteiger partial charge in [0.2, 0.25) is 5.95 Å². The molecule has 0 aliphatic carbocycles. The standard InChI is InChI=1S/C17H22N4OS/c1-4-17(13-21(7-1)10-14-3-8-23-12-14)9-15(11-22-17)20-16-18-5-2-6-19-16/h2-3,5-6,8,12,15H,1,4,7,9-11,13H2,(H,18,19,20)/t15-,17+/m0/s1. The topological polar surface area (TPSA) is 50.3 Å². The van der Waals surface area contributed by atoms with Gasteiger partial charge in [-0.2, -0.15) is 11.3 Å². The van der Waals surface area contributed by atoms with Gasteiger partial charge in [-0.3, -0.25) is 4.90 Å². The Morgan fingerprint density at radius 1 is 1.39 bits per heavy atom. The fourth-order valence-corrected chi connectivity index (χ4v) is 4.40. The van der Waals surface area contributed by atoms with E-state index >= 15 is 0 Å². The van der Waals surface area contributed by atoms with Crippen molar-refractivity contribution in [3.05, 3.63) is 40.8 Å². The maximum absolute atomic E-state index is 6.26. The van der Waals surface area contributed by atoms with Gasteiger partial charge < -0.3 is 10.1 Å². The van der Waals surface area contributed by atoms with Gasteiger partial charge >= 0.3 is 0 Å². The molecule has 0 unspecified atom stereocenters. The van der Waals surface area contributed by atoms with Crippen LogP contribution in [0.15, 0.2) is 35.3 Å². The summed E-state index contributed by atoms with van der Waals surface area (Å²) in [5.74, 6) is 0.698. The summed E-state index contributed by atoms with van der Waals surface area (Å²) in [5, 5.41) is 7.81. The number of ether oxygens (including phenoxy) is 1. The van der Waals surface area contributed by atoms with Crippen molar-refractivity contribution in [2.75, 3.05) is 25.0 Å². The fourth-order valence-electron chi connectivity index (χ4n) is 3.74. The monoisotopic (exact) mass is 330 g/mol. The Labute approximate surface area is 140 Å². The number of hydrogen-bond acceptors (Lipinski definition) is 6. The van der Waals surface area contributed by atoms with Crippen molar-refractivity contribution < 1.29 is 4.74 Å². The average Bonchev–Trinajstić information content (AvgIpc) is 3.19. The summed E-state index contributed by atoms with van der Waals surface area (Å²) < 4.78 is 6.26. The van der Waals surface area contributed by atoms with E-state index < -0.39 is 0 Å². The highest BCUT2D eigenvalue weighted by Crippen LogP contribution is 2.36. The van der Waals surface area contributed by atoms with E-state index in [1.807, 2.05) is 6.07 Å². The van der Waals surface area contributed by atoms with Crippen LogP contribution in [0, 0.1) is 0 Å². The van der Waals surface area contributed by atoms with E-state index in [9.17, 15) is 0 Å². The molecule has 2 atom stereocenters. The molecule has 0 saturated carbocycles. The number of hydrogen-bond donors (Lipinski definition) is 1. The number of rotatable bonds is 4. The van der Waals surface area contributed by atoms with Gasteiger partial charge in [0.1, 0.15) is 0 Å². The highest BCUT2D eigenvalue weighted by Gasteiger charge is 2.43. The van der Waals surface area contributed by atoms with E-state index in [0.717, 1.165) is 32.5 Å². The van der Waals surface area contributed by atoms with Crippen molar-refractivity contribution in [2.24, 2.45) is 0 Å². The Morgan fingerprint density at radius 3 is 3.13 bits per heavy atom. The molecule has 2 aromatic rings. The third-order valence-electron chi connectivity index (χ3n) is 4.71. The van der Waals surface area contributed by atoms with Gasteiger partial charge in [0.15, 0.2) is 0 Å². The molecule has 23 heavy (non-hydrogen) atoms. The zero-order valence-corrected chi connectivity index (χ0v) is 14.0. The van der Waals surface area contributed by atoms with Crippen LogP contribution in [0.3, 0.4) is 0 Å². The molecule has 0 aromatic carbocycles. The van der Waals surface area contributed by atoms with Gasteiger partial charge in [-0.15, -0.1) is 0 Å². The fraction of sp³-hybridized carbons (Fsp3) is 0.529. The first kappa shape index (κ1) is 15.1. The molecule has 2 aliphatic rings. The second-order valence-corrected chi connectivity index (χ2v) is 7.34. The smallest absolute Gasteiger partial charge is 0.222 e. The molecule has 0 bridgehead atoms. The van der Waals surface area contributed by atoms with Crippen LogP contribution in [-0.2, 0) is 11.3 Å². The number of nitrogens with zero attached hydrogens (tertiary/aromatic N) is 3. The van der Waals surface area contributed by atoms with E-state index in [0.29, 0.717) is 12.0 Å². The number of aromatic nitrogens is 2. The summed E-state index contributed by atoms with van der Waals surface area (Å²) in [7, 11) is 0. The SMILES string of the molecule is c1cnc(N[C@@H]2CO[C@]3(CCCN(Cc4ccsc4)C3)C2)nc1. The van der Waals surface area contributed by atoms with E-state index in [2.05, 4.69) is 37.0 Å². The summed E-state index contributed by atoms with van der Waals surface area (Å²) in [6.07, 6.45) is 6.93. The molecule has 2 saturated heterocycles. The van der Waals surface area contributed by atoms with Crippen molar-refractivity contribution in [3.63, 3.8) is 0 Å². The summed E-state index contributed by atoms with van der Waals surface area (Å²) in [6, 6.07) is 4.36. The molecular formula is C17H22N4OS. The van der Waals surface area contributed by atoms with Gasteiger partial charge in [0.05, 0.1) is 18.2 Å². The molecule has 122 valence electrons. The van der Waals surface area contributed by atoms with Gasteiger partial charge in [0.25, 0.3) is 0 Å². The molecule has 4 rings (SSSR count). The summed E-state index contributed by atoms with van der Waals surface area (Å²) in [5.41, 5.74) is 1.41. The number of thiophene rings is 1. The highest BCUT2D eigenvalue weighted by atomic mass is 32.1. The minimum Gasteiger partial charge on any atom is -0.371 e. The second-order valence-electron chi connectivity index (χ2n) is 6.56. The van der Waals surface area contributed by atoms with Crippen molar-refractivity contribution in [2.45, 2.75) is 37.5 Å². The molecule has 0 amide bonds. The Kier molecular flexibility index (Phi) is 4.29. The maximum atomic E-state index is 6.26. The largest absolute Gasteiger partial charge is 0.371 e. The van der Waals surface area contributed by atoms with Crippen molar-refractivity contribution in [1.29, 1.82) is 0 Å². The lowest BCUT2D eigenvalue weighted by Gasteiger charge is -2.39. The van der Waals surface area contributed by atoms with Crippen LogP contribution in [-0.4, -0.2) is 46.2 Å². The van der Waals surface area contributed by atoms with Crippen LogP contribution in [0.5, 0.6) is 0 Å². The Bertz CT molecular complexity index is 621. The molecule has 2 aromatic heterocycles. The summed E-state index contributed by atoms with van der Waals surface area (Å²) in [6.45, 7) is 3.97. The molecule has 2 aliphatic heterocycles. The molecule has 1 N–H and O–H groups in total. The first-order valence-corrected chi connectivity index (χ1v) is 9.17. The van der Waals surface area contributed by atoms with Crippen LogP contribution >= 0.6 is 11.3 Å². The zero-order valence-electron chi connectivity index (χ0n) is 13.1. The minimum atomic E-state index is 0.000713. The van der Waals surface area contributed by atoms with Crippen molar-refractivity contribution >= 4 is 17.3 Å². The van der Waals surface area contributed by atoms with Crippen LogP contribution in [0.25, 0.3) is 0 Å². The number of likely N-dealkylation sites (tertiary alicyclic amines) is 1. The van der Waals surface area contributed by atoms with Crippen molar-refractivity contribution in [3.8, 4) is 0 Å². The predicted molar refractivity (Wildman–Crippen MR) is 91.6 cm³/mol. The van der Waals surface area contributed by atoms with E-state index in [4.69, 9.17) is 4.74 Å². The van der Waals surface area contributed by atoms with Crippen LogP contribution in [0.1, 0.15) is 24.8 Å². The van der Waals surface area contributed by atoms with Gasteiger partial charge in [-0.1, -0.05) is 0 Å². The second kappa shape index (κ2) is 6.55. The maximum Gasteiger partial charge on any atom is 0.222 e. The highest BCUT2D eigenvalue weighted by molar-refractivity contribution is 7.07. The number of nitrogens with one attached hydrogen (secondary N) is 1. The lowest BCUT2D eigenvalue weighted by atomic mass is 9.88. The molecule has 1 spiro atoms. The van der Waals surface area contributed by atoms with Gasteiger partial charge in [-0.25, -0.2) is 9.97 Å². The van der Waals surface area contributed by atoms with Crippen LogP contribution < -0.4 is 5.32 Å². The third kappa shape index (κ3) is 3.54. The third-order valence-corrected chi connectivity index (χ3v) is 5.44. The Morgan fingerprint density at radius 2 is 2.30 bits per heavy atom. The first-order valence-electron chi connectivity index (χ1n) is 8.22. The number of anilines is 1. The molecule has 0 radical (unpaired) electrons. The summed E-state index contributed by atoms with van der Waals surface area (Å²) in [4.78, 5) is 11.0. The van der Waals surface area contributed by atoms with E-state index in [1.165, 1.54) is 18.5 Å². The Balaban J connectivity index is 1.37.